The molecule has 2 aliphatic rings. The Morgan fingerprint density at radius 2 is 2.17 bits per heavy atom. The van der Waals surface area contributed by atoms with Gasteiger partial charge >= 0.3 is 5.97 Å². The highest BCUT2D eigenvalue weighted by Crippen LogP contribution is 2.49. The SMILES string of the molecule is Cc1cc(S(N)(=O)=O)sc1C(=O)N1C[C@@H]2CCC[C@@]2(C(=O)O)C1. The van der Waals surface area contributed by atoms with Gasteiger partial charge in [0.15, 0.2) is 0 Å². The molecule has 23 heavy (non-hydrogen) atoms. The first kappa shape index (κ1) is 16.4. The van der Waals surface area contributed by atoms with E-state index in [1.54, 1.807) is 11.8 Å². The fraction of sp³-hybridized carbons (Fsp3) is 0.571. The Balaban J connectivity index is 1.88. The van der Waals surface area contributed by atoms with Gasteiger partial charge in [-0.2, -0.15) is 0 Å². The molecule has 1 aromatic rings. The van der Waals surface area contributed by atoms with Gasteiger partial charge in [-0.05, 0) is 37.3 Å². The Labute approximate surface area is 138 Å². The molecular weight excluding hydrogens is 340 g/mol. The van der Waals surface area contributed by atoms with Crippen LogP contribution in [-0.2, 0) is 14.8 Å². The average molecular weight is 358 g/mol. The van der Waals surface area contributed by atoms with Crippen LogP contribution in [0.1, 0.15) is 34.5 Å². The van der Waals surface area contributed by atoms with Gasteiger partial charge in [-0.1, -0.05) is 6.42 Å². The Bertz CT molecular complexity index is 785. The van der Waals surface area contributed by atoms with Crippen LogP contribution < -0.4 is 5.14 Å². The second-order valence-corrected chi connectivity index (χ2v) is 9.20. The first-order valence-electron chi connectivity index (χ1n) is 7.31. The molecule has 0 spiro atoms. The highest BCUT2D eigenvalue weighted by atomic mass is 32.2. The number of aliphatic carboxylic acids is 1. The predicted molar refractivity (Wildman–Crippen MR) is 83.7 cm³/mol. The lowest BCUT2D eigenvalue weighted by molar-refractivity contribution is -0.149. The van der Waals surface area contributed by atoms with Crippen molar-refractivity contribution >= 4 is 33.2 Å². The molecule has 1 aliphatic carbocycles. The van der Waals surface area contributed by atoms with Gasteiger partial charge in [-0.15, -0.1) is 11.3 Å². The van der Waals surface area contributed by atoms with Crippen molar-refractivity contribution in [2.45, 2.75) is 30.4 Å². The summed E-state index contributed by atoms with van der Waals surface area (Å²) in [5.41, 5.74) is -0.297. The Kier molecular flexibility index (Phi) is 3.77. The number of carbonyl (C=O) groups excluding carboxylic acids is 1. The number of fused-ring (bicyclic) bond motifs is 1. The molecule has 2 heterocycles. The summed E-state index contributed by atoms with van der Waals surface area (Å²) >= 11 is 0.845. The number of primary sulfonamides is 1. The fourth-order valence-electron chi connectivity index (χ4n) is 3.74. The standard InChI is InChI=1S/C14H18N2O5S2/c1-8-5-10(23(15,20)21)22-11(8)12(17)16-6-9-3-2-4-14(9,7-16)13(18)19/h5,9H,2-4,6-7H2,1H3,(H,18,19)(H2,15,20,21)/t9-,14+/m0/s1. The summed E-state index contributed by atoms with van der Waals surface area (Å²) < 4.78 is 22.8. The summed E-state index contributed by atoms with van der Waals surface area (Å²) in [5, 5.41) is 14.7. The van der Waals surface area contributed by atoms with E-state index in [1.807, 2.05) is 0 Å². The molecule has 0 aromatic carbocycles. The van der Waals surface area contributed by atoms with Crippen LogP contribution in [0.25, 0.3) is 0 Å². The molecule has 3 rings (SSSR count). The maximum atomic E-state index is 12.7. The molecule has 2 fully saturated rings. The predicted octanol–water partition coefficient (Wildman–Crippen LogP) is 1.03. The number of carboxylic acid groups (broad SMARTS) is 1. The number of aryl methyl sites for hydroxylation is 1. The monoisotopic (exact) mass is 358 g/mol. The Morgan fingerprint density at radius 3 is 2.70 bits per heavy atom. The van der Waals surface area contributed by atoms with E-state index in [-0.39, 0.29) is 22.6 Å². The maximum absolute atomic E-state index is 12.7. The van der Waals surface area contributed by atoms with Gasteiger partial charge in [-0.3, -0.25) is 9.59 Å². The molecule has 1 saturated heterocycles. The quantitative estimate of drug-likeness (QED) is 0.837. The molecular formula is C14H18N2O5S2. The molecule has 7 nitrogen and oxygen atoms in total. The van der Waals surface area contributed by atoms with E-state index in [0.29, 0.717) is 23.4 Å². The number of nitrogens with zero attached hydrogens (tertiary/aromatic N) is 1. The molecule has 1 aliphatic heterocycles. The van der Waals surface area contributed by atoms with Crippen molar-refractivity contribution in [3.63, 3.8) is 0 Å². The minimum atomic E-state index is -3.85. The van der Waals surface area contributed by atoms with Crippen LogP contribution in [0.2, 0.25) is 0 Å². The topological polar surface area (TPSA) is 118 Å². The number of thiophene rings is 1. The number of carboxylic acids is 1. The van der Waals surface area contributed by atoms with Crippen LogP contribution in [0.15, 0.2) is 10.3 Å². The third-order valence-corrected chi connectivity index (χ3v) is 7.60. The van der Waals surface area contributed by atoms with E-state index in [4.69, 9.17) is 5.14 Å². The smallest absolute Gasteiger partial charge is 0.311 e. The zero-order valence-corrected chi connectivity index (χ0v) is 14.2. The number of carbonyl (C=O) groups is 2. The number of sulfonamides is 1. The maximum Gasteiger partial charge on any atom is 0.311 e. The lowest BCUT2D eigenvalue weighted by atomic mass is 9.81. The van der Waals surface area contributed by atoms with E-state index in [1.165, 1.54) is 6.07 Å². The number of rotatable bonds is 3. The van der Waals surface area contributed by atoms with Crippen molar-refractivity contribution in [1.29, 1.82) is 0 Å². The van der Waals surface area contributed by atoms with Crippen LogP contribution in [0.3, 0.4) is 0 Å². The summed E-state index contributed by atoms with van der Waals surface area (Å²) in [5.74, 6) is -1.18. The zero-order chi connectivity index (χ0) is 17.0. The van der Waals surface area contributed by atoms with Gasteiger partial charge in [0.05, 0.1) is 10.3 Å². The first-order chi connectivity index (χ1) is 10.6. The summed E-state index contributed by atoms with van der Waals surface area (Å²) in [6.07, 6.45) is 2.26. The Hall–Kier alpha value is -1.45. The van der Waals surface area contributed by atoms with Gasteiger partial charge in [0.1, 0.15) is 4.21 Å². The molecule has 0 radical (unpaired) electrons. The van der Waals surface area contributed by atoms with Crippen LogP contribution in [-0.4, -0.2) is 43.4 Å². The Morgan fingerprint density at radius 1 is 1.48 bits per heavy atom. The van der Waals surface area contributed by atoms with Crippen molar-refractivity contribution in [1.82, 2.24) is 4.90 Å². The normalized spacial score (nSPS) is 27.2. The molecule has 9 heteroatoms. The molecule has 2 atom stereocenters. The third kappa shape index (κ3) is 2.56. The lowest BCUT2D eigenvalue weighted by Crippen LogP contribution is -2.37. The summed E-state index contributed by atoms with van der Waals surface area (Å²) in [7, 11) is -3.85. The molecule has 1 saturated carbocycles. The summed E-state index contributed by atoms with van der Waals surface area (Å²) in [6.45, 7) is 2.25. The van der Waals surface area contributed by atoms with Crippen LogP contribution in [0.4, 0.5) is 0 Å². The second kappa shape index (κ2) is 5.29. The molecule has 0 bridgehead atoms. The molecule has 1 aromatic heterocycles. The van der Waals surface area contributed by atoms with Crippen molar-refractivity contribution in [3.05, 3.63) is 16.5 Å². The number of amides is 1. The van der Waals surface area contributed by atoms with Gasteiger partial charge in [-0.25, -0.2) is 13.6 Å². The van der Waals surface area contributed by atoms with E-state index >= 15 is 0 Å². The van der Waals surface area contributed by atoms with Crippen molar-refractivity contribution in [2.75, 3.05) is 13.1 Å². The number of nitrogens with two attached hydrogens (primary N) is 1. The van der Waals surface area contributed by atoms with Crippen LogP contribution >= 0.6 is 11.3 Å². The van der Waals surface area contributed by atoms with E-state index in [9.17, 15) is 23.1 Å². The highest BCUT2D eigenvalue weighted by molar-refractivity contribution is 7.91. The molecule has 3 N–H and O–H groups in total. The highest BCUT2D eigenvalue weighted by Gasteiger charge is 2.56. The van der Waals surface area contributed by atoms with Gasteiger partial charge < -0.3 is 10.0 Å². The van der Waals surface area contributed by atoms with Crippen LogP contribution in [0, 0.1) is 18.3 Å². The molecule has 126 valence electrons. The summed E-state index contributed by atoms with van der Waals surface area (Å²) in [4.78, 5) is 26.3. The first-order valence-corrected chi connectivity index (χ1v) is 9.67. The van der Waals surface area contributed by atoms with Gasteiger partial charge in [0.25, 0.3) is 5.91 Å². The zero-order valence-electron chi connectivity index (χ0n) is 12.6. The minimum Gasteiger partial charge on any atom is -0.481 e. The molecule has 0 unspecified atom stereocenters. The van der Waals surface area contributed by atoms with Gasteiger partial charge in [0, 0.05) is 13.1 Å². The van der Waals surface area contributed by atoms with Crippen molar-refractivity contribution in [3.8, 4) is 0 Å². The minimum absolute atomic E-state index is 0.0260. The summed E-state index contributed by atoms with van der Waals surface area (Å²) in [6, 6.07) is 1.39. The molecule has 1 amide bonds. The third-order valence-electron chi connectivity index (χ3n) is 4.95. The van der Waals surface area contributed by atoms with Gasteiger partial charge in [0.2, 0.25) is 10.0 Å². The van der Waals surface area contributed by atoms with E-state index < -0.39 is 21.4 Å². The van der Waals surface area contributed by atoms with Crippen LogP contribution in [0.5, 0.6) is 0 Å². The van der Waals surface area contributed by atoms with E-state index in [2.05, 4.69) is 0 Å². The lowest BCUT2D eigenvalue weighted by Gasteiger charge is -2.23. The van der Waals surface area contributed by atoms with Crippen molar-refractivity contribution in [2.24, 2.45) is 16.5 Å². The second-order valence-electron chi connectivity index (χ2n) is 6.36. The fourth-order valence-corrected chi connectivity index (χ4v) is 5.67. The average Bonchev–Trinajstić information content (AvgIpc) is 3.07. The number of likely N-dealkylation sites (tertiary alicyclic amines) is 1. The largest absolute Gasteiger partial charge is 0.481 e. The number of hydrogen-bond acceptors (Lipinski definition) is 5. The van der Waals surface area contributed by atoms with Crippen molar-refractivity contribution < 1.29 is 23.1 Å². The number of hydrogen-bond donors (Lipinski definition) is 2. The van der Waals surface area contributed by atoms with E-state index in [0.717, 1.165) is 24.2 Å².